The summed E-state index contributed by atoms with van der Waals surface area (Å²) in [5.41, 5.74) is -0.381. The van der Waals surface area contributed by atoms with E-state index in [1.807, 2.05) is 58.8 Å². The monoisotopic (exact) mass is 285 g/mol. The summed E-state index contributed by atoms with van der Waals surface area (Å²) in [7, 11) is 7.95. The van der Waals surface area contributed by atoms with Crippen molar-refractivity contribution in [1.29, 1.82) is 0 Å². The Balaban J connectivity index is 3.82. The highest BCUT2D eigenvalue weighted by molar-refractivity contribution is 5.79. The van der Waals surface area contributed by atoms with Crippen LogP contribution in [0, 0.1) is 0 Å². The van der Waals surface area contributed by atoms with Crippen LogP contribution in [-0.4, -0.2) is 62.1 Å². The van der Waals surface area contributed by atoms with Gasteiger partial charge in [0.15, 0.2) is 5.96 Å². The lowest BCUT2D eigenvalue weighted by molar-refractivity contribution is -0.154. The zero-order chi connectivity index (χ0) is 15.8. The van der Waals surface area contributed by atoms with E-state index in [2.05, 4.69) is 4.99 Å². The molecule has 0 saturated heterocycles. The summed E-state index contributed by atoms with van der Waals surface area (Å²) in [5.74, 6) is 0.861. The maximum absolute atomic E-state index is 11.5. The minimum Gasteiger partial charge on any atom is -0.460 e. The van der Waals surface area contributed by atoms with Crippen LogP contribution in [0.2, 0.25) is 0 Å². The van der Waals surface area contributed by atoms with Gasteiger partial charge in [-0.3, -0.25) is 9.79 Å². The van der Waals surface area contributed by atoms with Gasteiger partial charge in [0.05, 0.1) is 0 Å². The average Bonchev–Trinajstić information content (AvgIpc) is 2.24. The molecule has 0 aliphatic heterocycles. The van der Waals surface area contributed by atoms with Gasteiger partial charge in [-0.05, 0) is 33.6 Å². The molecule has 0 atom stereocenters. The maximum Gasteiger partial charge on any atom is 0.306 e. The zero-order valence-corrected chi connectivity index (χ0v) is 14.2. The topological polar surface area (TPSA) is 45.1 Å². The lowest BCUT2D eigenvalue weighted by Crippen LogP contribution is -2.35. The van der Waals surface area contributed by atoms with Gasteiger partial charge in [-0.15, -0.1) is 0 Å². The zero-order valence-electron chi connectivity index (χ0n) is 14.2. The van der Waals surface area contributed by atoms with E-state index in [-0.39, 0.29) is 11.6 Å². The SMILES string of the molecule is CN(C)C(=NCCCCCC(=O)OC(C)(C)C)N(C)C. The van der Waals surface area contributed by atoms with Crippen LogP contribution in [0.3, 0.4) is 0 Å². The van der Waals surface area contributed by atoms with Gasteiger partial charge in [0.2, 0.25) is 0 Å². The molecule has 0 fully saturated rings. The quantitative estimate of drug-likeness (QED) is 0.325. The van der Waals surface area contributed by atoms with Crippen molar-refractivity contribution < 1.29 is 9.53 Å². The number of hydrogen-bond donors (Lipinski definition) is 0. The molecule has 0 aromatic heterocycles. The largest absolute Gasteiger partial charge is 0.460 e. The van der Waals surface area contributed by atoms with Gasteiger partial charge >= 0.3 is 5.97 Å². The molecule has 5 nitrogen and oxygen atoms in total. The summed E-state index contributed by atoms with van der Waals surface area (Å²) in [6.07, 6.45) is 3.35. The molecule has 0 radical (unpaired) electrons. The van der Waals surface area contributed by atoms with Crippen molar-refractivity contribution in [3.8, 4) is 0 Å². The van der Waals surface area contributed by atoms with Crippen LogP contribution >= 0.6 is 0 Å². The lowest BCUT2D eigenvalue weighted by Gasteiger charge is -2.22. The molecule has 0 aliphatic rings. The highest BCUT2D eigenvalue weighted by Crippen LogP contribution is 2.10. The lowest BCUT2D eigenvalue weighted by atomic mass is 10.1. The van der Waals surface area contributed by atoms with Crippen LogP contribution in [0.1, 0.15) is 46.5 Å². The van der Waals surface area contributed by atoms with Crippen LogP contribution in [0.5, 0.6) is 0 Å². The summed E-state index contributed by atoms with van der Waals surface area (Å²) in [6.45, 7) is 6.47. The molecule has 0 saturated carbocycles. The number of guanidine groups is 1. The number of rotatable bonds is 6. The van der Waals surface area contributed by atoms with E-state index in [1.54, 1.807) is 0 Å². The first-order chi connectivity index (χ1) is 9.13. The molecule has 0 unspecified atom stereocenters. The van der Waals surface area contributed by atoms with Crippen molar-refractivity contribution in [2.45, 2.75) is 52.1 Å². The van der Waals surface area contributed by atoms with E-state index < -0.39 is 0 Å². The molecule has 5 heteroatoms. The normalized spacial score (nSPS) is 10.9. The Labute approximate surface area is 124 Å². The van der Waals surface area contributed by atoms with Crippen molar-refractivity contribution in [2.75, 3.05) is 34.7 Å². The molecule has 0 aromatic carbocycles. The molecule has 0 N–H and O–H groups in total. The minimum absolute atomic E-state index is 0.108. The smallest absolute Gasteiger partial charge is 0.306 e. The second-order valence-electron chi connectivity index (χ2n) is 6.37. The summed E-state index contributed by atoms with van der Waals surface area (Å²) < 4.78 is 5.27. The summed E-state index contributed by atoms with van der Waals surface area (Å²) in [6, 6.07) is 0. The van der Waals surface area contributed by atoms with Gasteiger partial charge in [0.1, 0.15) is 5.60 Å². The first-order valence-corrected chi connectivity index (χ1v) is 7.24. The highest BCUT2D eigenvalue weighted by atomic mass is 16.6. The number of carbonyl (C=O) groups excluding carboxylic acids is 1. The van der Waals surface area contributed by atoms with Gasteiger partial charge < -0.3 is 14.5 Å². The number of unbranched alkanes of at least 4 members (excludes halogenated alkanes) is 2. The van der Waals surface area contributed by atoms with Crippen LogP contribution in [0.25, 0.3) is 0 Å². The number of esters is 1. The minimum atomic E-state index is -0.381. The predicted molar refractivity (Wildman–Crippen MR) is 84.0 cm³/mol. The second-order valence-corrected chi connectivity index (χ2v) is 6.37. The van der Waals surface area contributed by atoms with E-state index in [1.165, 1.54) is 0 Å². The Bertz CT molecular complexity index is 308. The van der Waals surface area contributed by atoms with Crippen LogP contribution in [-0.2, 0) is 9.53 Å². The van der Waals surface area contributed by atoms with Gasteiger partial charge in [-0.1, -0.05) is 6.42 Å². The Hall–Kier alpha value is -1.26. The van der Waals surface area contributed by atoms with Crippen LogP contribution in [0.4, 0.5) is 0 Å². The number of carbonyl (C=O) groups is 1. The van der Waals surface area contributed by atoms with E-state index in [0.717, 1.165) is 31.8 Å². The fraction of sp³-hybridized carbons (Fsp3) is 0.867. The number of nitrogens with zero attached hydrogens (tertiary/aromatic N) is 3. The van der Waals surface area contributed by atoms with Gasteiger partial charge in [-0.2, -0.15) is 0 Å². The molecular formula is C15H31N3O2. The first-order valence-electron chi connectivity index (χ1n) is 7.24. The van der Waals surface area contributed by atoms with E-state index in [0.29, 0.717) is 6.42 Å². The van der Waals surface area contributed by atoms with Gasteiger partial charge in [-0.25, -0.2) is 0 Å². The molecular weight excluding hydrogens is 254 g/mol. The number of aliphatic imine (C=N–C) groups is 1. The average molecular weight is 285 g/mol. The summed E-state index contributed by atoms with van der Waals surface area (Å²) in [5, 5.41) is 0. The molecule has 0 aliphatic carbocycles. The number of hydrogen-bond acceptors (Lipinski definition) is 3. The van der Waals surface area contributed by atoms with E-state index in [4.69, 9.17) is 4.74 Å². The molecule has 0 rings (SSSR count). The van der Waals surface area contributed by atoms with Crippen molar-refractivity contribution in [1.82, 2.24) is 9.80 Å². The van der Waals surface area contributed by atoms with Crippen LogP contribution in [0.15, 0.2) is 4.99 Å². The summed E-state index contributed by atoms with van der Waals surface area (Å²) >= 11 is 0. The van der Waals surface area contributed by atoms with E-state index >= 15 is 0 Å². The van der Waals surface area contributed by atoms with Crippen LogP contribution < -0.4 is 0 Å². The summed E-state index contributed by atoms with van der Waals surface area (Å²) in [4.78, 5) is 20.1. The standard InChI is InChI=1S/C15H31N3O2/c1-15(2,3)20-13(19)11-9-8-10-12-16-14(17(4)5)18(6)7/h8-12H2,1-7H3. The van der Waals surface area contributed by atoms with E-state index in [9.17, 15) is 4.79 Å². The molecule has 0 heterocycles. The molecule has 0 spiro atoms. The third-order valence-electron chi connectivity index (χ3n) is 2.51. The molecule has 0 aromatic rings. The Kier molecular flexibility index (Phi) is 8.26. The molecule has 20 heavy (non-hydrogen) atoms. The fourth-order valence-electron chi connectivity index (χ4n) is 1.81. The van der Waals surface area contributed by atoms with Gasteiger partial charge in [0, 0.05) is 41.2 Å². The van der Waals surface area contributed by atoms with Crippen molar-refractivity contribution in [2.24, 2.45) is 4.99 Å². The maximum atomic E-state index is 11.5. The van der Waals surface area contributed by atoms with Crippen molar-refractivity contribution >= 4 is 11.9 Å². The Morgan fingerprint density at radius 1 is 1.00 bits per heavy atom. The Morgan fingerprint density at radius 3 is 2.00 bits per heavy atom. The Morgan fingerprint density at radius 2 is 1.55 bits per heavy atom. The first kappa shape index (κ1) is 18.7. The predicted octanol–water partition coefficient (Wildman–Crippen LogP) is 2.37. The van der Waals surface area contributed by atoms with Crippen molar-refractivity contribution in [3.05, 3.63) is 0 Å². The third-order valence-corrected chi connectivity index (χ3v) is 2.51. The second kappa shape index (κ2) is 8.82. The van der Waals surface area contributed by atoms with Gasteiger partial charge in [0.25, 0.3) is 0 Å². The third kappa shape index (κ3) is 9.64. The van der Waals surface area contributed by atoms with Crippen molar-refractivity contribution in [3.63, 3.8) is 0 Å². The molecule has 0 amide bonds. The number of ether oxygens (including phenoxy) is 1. The highest BCUT2D eigenvalue weighted by Gasteiger charge is 2.15. The fourth-order valence-corrected chi connectivity index (χ4v) is 1.81. The molecule has 0 bridgehead atoms. The molecule has 118 valence electrons.